The molecule has 0 spiro atoms. The van der Waals surface area contributed by atoms with E-state index in [1.165, 1.54) is 26.3 Å². The van der Waals surface area contributed by atoms with Gasteiger partial charge >= 0.3 is 0 Å². The van der Waals surface area contributed by atoms with E-state index >= 15 is 0 Å². The molecule has 1 unspecified atom stereocenters. The van der Waals surface area contributed by atoms with Gasteiger partial charge in [0.2, 0.25) is 0 Å². The summed E-state index contributed by atoms with van der Waals surface area (Å²) in [5.41, 5.74) is 13.9. The summed E-state index contributed by atoms with van der Waals surface area (Å²) in [6, 6.07) is 16.7. The van der Waals surface area contributed by atoms with Crippen molar-refractivity contribution in [3.8, 4) is 28.8 Å². The molecular weight excluding hydrogens is 480 g/mol. The van der Waals surface area contributed by atoms with Gasteiger partial charge in [-0.3, -0.25) is 5.41 Å². The predicted molar refractivity (Wildman–Crippen MR) is 151 cm³/mol. The van der Waals surface area contributed by atoms with Crippen LogP contribution in [0.25, 0.3) is 22.2 Å². The van der Waals surface area contributed by atoms with Crippen molar-refractivity contribution in [2.45, 2.75) is 51.2 Å². The van der Waals surface area contributed by atoms with Crippen LogP contribution in [-0.4, -0.2) is 43.3 Å². The first-order valence-electron chi connectivity index (χ1n) is 12.7. The number of carbonyl (C=O) groups excluding carboxylic acids is 1. The average molecular weight is 517 g/mol. The van der Waals surface area contributed by atoms with Crippen LogP contribution in [0.4, 0.5) is 0 Å². The highest BCUT2D eigenvalue weighted by molar-refractivity contribution is 5.95. The number of aromatic nitrogens is 1. The van der Waals surface area contributed by atoms with Gasteiger partial charge in [0.15, 0.2) is 0 Å². The Balaban J connectivity index is 0.000000956. The first kappa shape index (κ1) is 28.4. The summed E-state index contributed by atoms with van der Waals surface area (Å²) < 4.78 is 14.2. The number of benzene rings is 2. The van der Waals surface area contributed by atoms with E-state index in [1.807, 2.05) is 37.1 Å². The van der Waals surface area contributed by atoms with Crippen molar-refractivity contribution >= 4 is 29.9 Å². The van der Waals surface area contributed by atoms with Crippen LogP contribution >= 0.6 is 0 Å². The summed E-state index contributed by atoms with van der Waals surface area (Å²) in [5.74, 6) is 2.44. The number of nitrogens with two attached hydrogens (primary N) is 2. The number of nitriles is 1. The van der Waals surface area contributed by atoms with Gasteiger partial charge in [-0.2, -0.15) is 5.26 Å². The molecule has 0 radical (unpaired) electrons. The Morgan fingerprint density at radius 3 is 2.39 bits per heavy atom. The average Bonchev–Trinajstić information content (AvgIpc) is 3.73. The first-order chi connectivity index (χ1) is 18.6. The van der Waals surface area contributed by atoms with E-state index in [1.54, 1.807) is 0 Å². The number of carbonyl (C=O) groups is 1. The molecule has 9 heteroatoms. The Kier molecular flexibility index (Phi) is 10.0. The van der Waals surface area contributed by atoms with Gasteiger partial charge in [0.25, 0.3) is 0 Å². The second-order valence-corrected chi connectivity index (χ2v) is 9.19. The van der Waals surface area contributed by atoms with Crippen LogP contribution in [0.3, 0.4) is 0 Å². The number of aliphatic imine (C=N–C) groups is 1. The lowest BCUT2D eigenvalue weighted by molar-refractivity contribution is -0.0980. The topological polar surface area (TPSA) is 153 Å². The molecule has 9 nitrogen and oxygen atoms in total. The van der Waals surface area contributed by atoms with Crippen LogP contribution in [0.5, 0.6) is 11.5 Å². The highest BCUT2D eigenvalue weighted by atomic mass is 16.5. The number of hydrogen-bond acceptors (Lipinski definition) is 6. The lowest BCUT2D eigenvalue weighted by Gasteiger charge is -2.30. The summed E-state index contributed by atoms with van der Waals surface area (Å²) >= 11 is 0. The van der Waals surface area contributed by atoms with Gasteiger partial charge in [-0.05, 0) is 94.0 Å². The monoisotopic (exact) mass is 516 g/mol. The second-order valence-electron chi connectivity index (χ2n) is 9.19. The minimum Gasteiger partial charge on any atom is -0.490 e. The first-order valence-corrected chi connectivity index (χ1v) is 12.7. The van der Waals surface area contributed by atoms with Crippen LogP contribution in [0, 0.1) is 22.7 Å². The van der Waals surface area contributed by atoms with E-state index in [2.05, 4.69) is 40.4 Å². The molecule has 0 saturated heterocycles. The van der Waals surface area contributed by atoms with Crippen molar-refractivity contribution in [3.63, 3.8) is 0 Å². The van der Waals surface area contributed by atoms with Gasteiger partial charge in [0.05, 0.1) is 22.9 Å². The van der Waals surface area contributed by atoms with Gasteiger partial charge in [0.1, 0.15) is 43.1 Å². The van der Waals surface area contributed by atoms with Gasteiger partial charge in [-0.25, -0.2) is 4.99 Å². The van der Waals surface area contributed by atoms with Crippen LogP contribution in [-0.2, 0) is 4.79 Å². The van der Waals surface area contributed by atoms with E-state index in [0.29, 0.717) is 23.3 Å². The van der Waals surface area contributed by atoms with E-state index in [0.717, 1.165) is 47.1 Å². The SMILES string of the molecule is C=O.CC(Oc1ccc(-c2c(C#N)c3ccc(OCC(N)=NC=N)cc3n2C2CCC2)cc1)C1CC1.CN. The highest BCUT2D eigenvalue weighted by Gasteiger charge is 2.30. The Morgan fingerprint density at radius 1 is 1.18 bits per heavy atom. The van der Waals surface area contributed by atoms with Crippen molar-refractivity contribution in [3.05, 3.63) is 48.0 Å². The van der Waals surface area contributed by atoms with Crippen LogP contribution in [0.1, 0.15) is 50.6 Å². The van der Waals surface area contributed by atoms with Crippen molar-refractivity contribution in [2.75, 3.05) is 13.7 Å². The van der Waals surface area contributed by atoms with Gasteiger partial charge in [0, 0.05) is 17.5 Å². The van der Waals surface area contributed by atoms with Gasteiger partial charge < -0.3 is 30.3 Å². The molecule has 0 amide bonds. The molecule has 5 N–H and O–H groups in total. The normalized spacial score (nSPS) is 15.6. The van der Waals surface area contributed by atoms with Crippen LogP contribution in [0.2, 0.25) is 0 Å². The number of fused-ring (bicyclic) bond motifs is 1. The zero-order valence-corrected chi connectivity index (χ0v) is 22.0. The number of nitrogens with zero attached hydrogens (tertiary/aromatic N) is 3. The largest absolute Gasteiger partial charge is 0.490 e. The molecule has 2 fully saturated rings. The van der Waals surface area contributed by atoms with E-state index in [9.17, 15) is 5.26 Å². The van der Waals surface area contributed by atoms with Gasteiger partial charge in [-0.1, -0.05) is 0 Å². The van der Waals surface area contributed by atoms with Crippen LogP contribution in [0.15, 0.2) is 47.5 Å². The highest BCUT2D eigenvalue weighted by Crippen LogP contribution is 2.43. The summed E-state index contributed by atoms with van der Waals surface area (Å²) in [6.45, 7) is 4.24. The Bertz CT molecular complexity index is 1300. The molecule has 1 heterocycles. The summed E-state index contributed by atoms with van der Waals surface area (Å²) in [5, 5.41) is 18.1. The Hall–Kier alpha value is -4.16. The van der Waals surface area contributed by atoms with Crippen molar-refractivity contribution in [2.24, 2.45) is 22.4 Å². The molecular formula is C29H36N6O3. The van der Waals surface area contributed by atoms with Gasteiger partial charge in [-0.15, -0.1) is 0 Å². The summed E-state index contributed by atoms with van der Waals surface area (Å²) in [4.78, 5) is 11.7. The molecule has 0 aliphatic heterocycles. The molecule has 1 atom stereocenters. The quantitative estimate of drug-likeness (QED) is 0.274. The Labute approximate surface area is 223 Å². The molecule has 2 aliphatic carbocycles. The number of nitrogens with one attached hydrogen (secondary N) is 1. The fraction of sp³-hybridized carbons (Fsp3) is 0.379. The molecule has 2 aliphatic rings. The predicted octanol–water partition coefficient (Wildman–Crippen LogP) is 4.82. The molecule has 0 bridgehead atoms. The Morgan fingerprint density at radius 2 is 1.84 bits per heavy atom. The maximum atomic E-state index is 10.1. The van der Waals surface area contributed by atoms with Crippen molar-refractivity contribution < 1.29 is 14.3 Å². The molecule has 38 heavy (non-hydrogen) atoms. The van der Waals surface area contributed by atoms with Crippen molar-refractivity contribution in [1.29, 1.82) is 10.7 Å². The fourth-order valence-corrected chi connectivity index (χ4v) is 4.65. The van der Waals surface area contributed by atoms with E-state index in [-0.39, 0.29) is 18.5 Å². The van der Waals surface area contributed by atoms with Crippen molar-refractivity contribution in [1.82, 2.24) is 4.57 Å². The third-order valence-electron chi connectivity index (χ3n) is 6.88. The van der Waals surface area contributed by atoms with E-state index in [4.69, 9.17) is 25.4 Å². The molecule has 3 aromatic rings. The third-order valence-corrected chi connectivity index (χ3v) is 6.88. The zero-order valence-electron chi connectivity index (χ0n) is 22.0. The minimum absolute atomic E-state index is 0.101. The number of amidine groups is 1. The molecule has 200 valence electrons. The smallest absolute Gasteiger partial charge is 0.145 e. The molecule has 1 aromatic heterocycles. The number of hydrogen-bond donors (Lipinski definition) is 3. The number of rotatable bonds is 9. The summed E-state index contributed by atoms with van der Waals surface area (Å²) in [6.07, 6.45) is 7.00. The third kappa shape index (κ3) is 6.21. The van der Waals surface area contributed by atoms with E-state index < -0.39 is 0 Å². The van der Waals surface area contributed by atoms with Crippen LogP contribution < -0.4 is 20.9 Å². The fourth-order valence-electron chi connectivity index (χ4n) is 4.65. The maximum Gasteiger partial charge on any atom is 0.145 e. The number of ether oxygens (including phenoxy) is 2. The standard InChI is InChI=1S/C27H29N5O2.CH5N.CH2O/c1-17(18-5-6-18)34-21-9-7-19(8-10-21)27-24(14-28)23-12-11-22(33-15-26(30)31-16-29)13-25(23)32(27)20-3-2-4-20;2*1-2/h7-13,16-18,20H,2-6,15H2,1H3,(H3,29,30,31);2H2,1H3;1H2. The second kappa shape index (κ2) is 13.4. The maximum absolute atomic E-state index is 10.1. The molecule has 5 rings (SSSR count). The lowest BCUT2D eigenvalue weighted by Crippen LogP contribution is -2.21. The zero-order chi connectivity index (χ0) is 27.7. The minimum atomic E-state index is 0.101. The lowest BCUT2D eigenvalue weighted by atomic mass is 9.92. The molecule has 2 aromatic carbocycles. The molecule has 2 saturated carbocycles. The summed E-state index contributed by atoms with van der Waals surface area (Å²) in [7, 11) is 1.50.